The smallest absolute Gasteiger partial charge is 0.274 e. The van der Waals surface area contributed by atoms with Gasteiger partial charge in [0.25, 0.3) is 5.91 Å². The van der Waals surface area contributed by atoms with Crippen LogP contribution in [-0.4, -0.2) is 40.4 Å². The molecule has 1 amide bonds. The van der Waals surface area contributed by atoms with Crippen molar-refractivity contribution in [3.8, 4) is 6.07 Å². The number of nitrogens with one attached hydrogen (secondary N) is 1. The van der Waals surface area contributed by atoms with Gasteiger partial charge in [-0.3, -0.25) is 9.78 Å². The Labute approximate surface area is 119 Å². The van der Waals surface area contributed by atoms with E-state index in [0.29, 0.717) is 24.6 Å². The topological polar surface area (TPSA) is 81.9 Å². The molecular weight excluding hydrogens is 254 g/mol. The van der Waals surface area contributed by atoms with E-state index < -0.39 is 0 Å². The molecule has 0 fully saturated rings. The molecule has 1 atom stereocenters. The van der Waals surface area contributed by atoms with Gasteiger partial charge >= 0.3 is 0 Å². The van der Waals surface area contributed by atoms with E-state index in [9.17, 15) is 4.79 Å². The second-order valence-corrected chi connectivity index (χ2v) is 4.59. The first kappa shape index (κ1) is 15.9. The van der Waals surface area contributed by atoms with Crippen LogP contribution in [0, 0.1) is 17.2 Å². The summed E-state index contributed by atoms with van der Waals surface area (Å²) in [6.07, 6.45) is 4.03. The molecule has 20 heavy (non-hydrogen) atoms. The van der Waals surface area contributed by atoms with Crippen LogP contribution in [0.25, 0.3) is 0 Å². The first-order chi connectivity index (χ1) is 9.62. The SMILES string of the molecule is CCCNc1cncc(C(=O)N(CC)CC(C)C#N)n1. The summed E-state index contributed by atoms with van der Waals surface area (Å²) in [6, 6.07) is 2.13. The molecule has 0 aliphatic heterocycles. The molecule has 6 heteroatoms. The monoisotopic (exact) mass is 275 g/mol. The van der Waals surface area contributed by atoms with Gasteiger partial charge in [0.1, 0.15) is 11.5 Å². The molecule has 0 bridgehead atoms. The van der Waals surface area contributed by atoms with E-state index in [1.807, 2.05) is 6.92 Å². The number of anilines is 1. The van der Waals surface area contributed by atoms with Crippen molar-refractivity contribution in [3.63, 3.8) is 0 Å². The van der Waals surface area contributed by atoms with E-state index in [4.69, 9.17) is 5.26 Å². The van der Waals surface area contributed by atoms with Crippen LogP contribution in [0.5, 0.6) is 0 Å². The van der Waals surface area contributed by atoms with Gasteiger partial charge in [-0.25, -0.2) is 4.98 Å². The molecule has 1 N–H and O–H groups in total. The number of hydrogen-bond donors (Lipinski definition) is 1. The van der Waals surface area contributed by atoms with Crippen molar-refractivity contribution in [1.82, 2.24) is 14.9 Å². The van der Waals surface area contributed by atoms with Crippen LogP contribution in [0.3, 0.4) is 0 Å². The molecule has 0 aliphatic rings. The maximum Gasteiger partial charge on any atom is 0.274 e. The summed E-state index contributed by atoms with van der Waals surface area (Å²) in [7, 11) is 0. The Bertz CT molecular complexity index is 483. The largest absolute Gasteiger partial charge is 0.369 e. The Hall–Kier alpha value is -2.16. The minimum absolute atomic E-state index is 0.192. The Morgan fingerprint density at radius 2 is 2.25 bits per heavy atom. The average molecular weight is 275 g/mol. The lowest BCUT2D eigenvalue weighted by molar-refractivity contribution is 0.0746. The fourth-order valence-corrected chi connectivity index (χ4v) is 1.70. The highest BCUT2D eigenvalue weighted by Gasteiger charge is 2.18. The van der Waals surface area contributed by atoms with Gasteiger partial charge in [0.2, 0.25) is 0 Å². The van der Waals surface area contributed by atoms with Crippen molar-refractivity contribution in [2.75, 3.05) is 25.0 Å². The van der Waals surface area contributed by atoms with Crippen LogP contribution in [-0.2, 0) is 0 Å². The summed E-state index contributed by atoms with van der Waals surface area (Å²) < 4.78 is 0. The first-order valence-corrected chi connectivity index (χ1v) is 6.87. The highest BCUT2D eigenvalue weighted by Crippen LogP contribution is 2.08. The van der Waals surface area contributed by atoms with E-state index in [0.717, 1.165) is 13.0 Å². The Balaban J connectivity index is 2.81. The molecule has 0 spiro atoms. The molecule has 0 radical (unpaired) electrons. The van der Waals surface area contributed by atoms with E-state index in [1.54, 1.807) is 18.0 Å². The molecule has 0 saturated heterocycles. The number of aromatic nitrogens is 2. The lowest BCUT2D eigenvalue weighted by Gasteiger charge is -2.21. The third-order valence-electron chi connectivity index (χ3n) is 2.79. The molecule has 1 rings (SSSR count). The molecule has 108 valence electrons. The lowest BCUT2D eigenvalue weighted by atomic mass is 10.2. The fraction of sp³-hybridized carbons (Fsp3) is 0.571. The molecular formula is C14H21N5O. The highest BCUT2D eigenvalue weighted by molar-refractivity contribution is 5.92. The van der Waals surface area contributed by atoms with Crippen LogP contribution in [0.4, 0.5) is 5.82 Å². The average Bonchev–Trinajstić information content (AvgIpc) is 2.49. The number of rotatable bonds is 7. The Morgan fingerprint density at radius 3 is 2.85 bits per heavy atom. The van der Waals surface area contributed by atoms with Gasteiger partial charge in [0, 0.05) is 19.6 Å². The number of amides is 1. The minimum atomic E-state index is -0.201. The Morgan fingerprint density at radius 1 is 1.50 bits per heavy atom. The maximum atomic E-state index is 12.3. The van der Waals surface area contributed by atoms with Gasteiger partial charge in [-0.2, -0.15) is 5.26 Å². The zero-order valence-electron chi connectivity index (χ0n) is 12.3. The third kappa shape index (κ3) is 4.50. The second kappa shape index (κ2) is 8.10. The van der Waals surface area contributed by atoms with E-state index >= 15 is 0 Å². The predicted molar refractivity (Wildman–Crippen MR) is 77.2 cm³/mol. The highest BCUT2D eigenvalue weighted by atomic mass is 16.2. The van der Waals surface area contributed by atoms with Crippen molar-refractivity contribution < 1.29 is 4.79 Å². The second-order valence-electron chi connectivity index (χ2n) is 4.59. The summed E-state index contributed by atoms with van der Waals surface area (Å²) in [5.41, 5.74) is 0.304. The van der Waals surface area contributed by atoms with Crippen molar-refractivity contribution in [1.29, 1.82) is 5.26 Å². The van der Waals surface area contributed by atoms with Crippen molar-refractivity contribution >= 4 is 11.7 Å². The fourth-order valence-electron chi connectivity index (χ4n) is 1.70. The molecule has 1 heterocycles. The molecule has 1 aromatic rings. The van der Waals surface area contributed by atoms with Crippen LogP contribution < -0.4 is 5.32 Å². The summed E-state index contributed by atoms with van der Waals surface area (Å²) >= 11 is 0. The minimum Gasteiger partial charge on any atom is -0.369 e. The number of nitriles is 1. The van der Waals surface area contributed by atoms with Crippen molar-refractivity contribution in [2.45, 2.75) is 27.2 Å². The van der Waals surface area contributed by atoms with Crippen LogP contribution in [0.2, 0.25) is 0 Å². The number of nitrogens with zero attached hydrogens (tertiary/aromatic N) is 4. The first-order valence-electron chi connectivity index (χ1n) is 6.87. The summed E-state index contributed by atoms with van der Waals surface area (Å²) in [5.74, 6) is 0.206. The molecule has 0 aromatic carbocycles. The van der Waals surface area contributed by atoms with E-state index in [2.05, 4.69) is 28.3 Å². The molecule has 1 aromatic heterocycles. The molecule has 0 aliphatic carbocycles. The van der Waals surface area contributed by atoms with Gasteiger partial charge in [0.15, 0.2) is 0 Å². The molecule has 6 nitrogen and oxygen atoms in total. The van der Waals surface area contributed by atoms with Crippen LogP contribution in [0.15, 0.2) is 12.4 Å². The molecule has 0 saturated carbocycles. The van der Waals surface area contributed by atoms with Crippen molar-refractivity contribution in [3.05, 3.63) is 18.1 Å². The van der Waals surface area contributed by atoms with Gasteiger partial charge in [-0.1, -0.05) is 6.92 Å². The normalized spacial score (nSPS) is 11.5. The zero-order valence-corrected chi connectivity index (χ0v) is 12.3. The molecule has 1 unspecified atom stereocenters. The number of hydrogen-bond acceptors (Lipinski definition) is 5. The number of carbonyl (C=O) groups is 1. The summed E-state index contributed by atoms with van der Waals surface area (Å²) in [4.78, 5) is 22.3. The summed E-state index contributed by atoms with van der Waals surface area (Å²) in [6.45, 7) is 7.46. The summed E-state index contributed by atoms with van der Waals surface area (Å²) in [5, 5.41) is 11.9. The maximum absolute atomic E-state index is 12.3. The van der Waals surface area contributed by atoms with Crippen LogP contribution in [0.1, 0.15) is 37.7 Å². The van der Waals surface area contributed by atoms with Crippen molar-refractivity contribution in [2.24, 2.45) is 5.92 Å². The van der Waals surface area contributed by atoms with Gasteiger partial charge in [0.05, 0.1) is 24.4 Å². The van der Waals surface area contributed by atoms with Crippen LogP contribution >= 0.6 is 0 Å². The van der Waals surface area contributed by atoms with Gasteiger partial charge < -0.3 is 10.2 Å². The van der Waals surface area contributed by atoms with Gasteiger partial charge in [-0.15, -0.1) is 0 Å². The standard InChI is InChI=1S/C14H21N5O/c1-4-6-17-13-9-16-8-12(18-13)14(20)19(5-2)10-11(3)7-15/h8-9,11H,4-6,10H2,1-3H3,(H,17,18). The Kier molecular flexibility index (Phi) is 6.44. The zero-order chi connectivity index (χ0) is 15.0. The quantitative estimate of drug-likeness (QED) is 0.822. The predicted octanol–water partition coefficient (Wildman–Crippen LogP) is 1.92. The van der Waals surface area contributed by atoms with Gasteiger partial charge in [-0.05, 0) is 20.3 Å². The lowest BCUT2D eigenvalue weighted by Crippen LogP contribution is -2.35. The third-order valence-corrected chi connectivity index (χ3v) is 2.79. The van der Waals surface area contributed by atoms with E-state index in [-0.39, 0.29) is 11.8 Å². The number of carbonyl (C=O) groups excluding carboxylic acids is 1. The van der Waals surface area contributed by atoms with E-state index in [1.165, 1.54) is 6.20 Å².